The molecule has 136 valence electrons. The average Bonchev–Trinajstić information content (AvgIpc) is 3.21. The maximum absolute atomic E-state index is 5.82. The molecule has 25 heavy (non-hydrogen) atoms. The Bertz CT molecular complexity index is 728. The SMILES string of the molecule is CCNC(=NCC1(C)CCCO1)NCCc1c[nH]c2c(C)cccc12. The Balaban J connectivity index is 1.58. The topological polar surface area (TPSA) is 61.4 Å². The van der Waals surface area contributed by atoms with Gasteiger partial charge in [-0.3, -0.25) is 4.99 Å². The number of benzene rings is 1. The van der Waals surface area contributed by atoms with E-state index in [0.717, 1.165) is 44.9 Å². The van der Waals surface area contributed by atoms with Gasteiger partial charge in [0.15, 0.2) is 5.96 Å². The molecule has 5 nitrogen and oxygen atoms in total. The highest BCUT2D eigenvalue weighted by Crippen LogP contribution is 2.25. The third-order valence-electron chi connectivity index (χ3n) is 4.91. The number of ether oxygens (including phenoxy) is 1. The maximum Gasteiger partial charge on any atom is 0.191 e. The van der Waals surface area contributed by atoms with Crippen LogP contribution in [0.3, 0.4) is 0 Å². The summed E-state index contributed by atoms with van der Waals surface area (Å²) in [7, 11) is 0. The Morgan fingerprint density at radius 3 is 3.00 bits per heavy atom. The predicted molar refractivity (Wildman–Crippen MR) is 104 cm³/mol. The Kier molecular flexibility index (Phi) is 5.63. The van der Waals surface area contributed by atoms with Crippen LogP contribution in [0, 0.1) is 6.92 Å². The fourth-order valence-corrected chi connectivity index (χ4v) is 3.44. The van der Waals surface area contributed by atoms with E-state index in [1.165, 1.54) is 22.0 Å². The normalized spacial score (nSPS) is 21.0. The van der Waals surface area contributed by atoms with Crippen molar-refractivity contribution >= 4 is 16.9 Å². The van der Waals surface area contributed by atoms with Gasteiger partial charge < -0.3 is 20.4 Å². The smallest absolute Gasteiger partial charge is 0.191 e. The van der Waals surface area contributed by atoms with Crippen molar-refractivity contribution in [1.82, 2.24) is 15.6 Å². The fraction of sp³-hybridized carbons (Fsp3) is 0.550. The Morgan fingerprint density at radius 2 is 2.24 bits per heavy atom. The number of guanidine groups is 1. The largest absolute Gasteiger partial charge is 0.373 e. The molecule has 5 heteroatoms. The summed E-state index contributed by atoms with van der Waals surface area (Å²) in [5.41, 5.74) is 3.77. The van der Waals surface area contributed by atoms with Crippen molar-refractivity contribution in [2.45, 2.75) is 45.6 Å². The van der Waals surface area contributed by atoms with Crippen LogP contribution in [0.15, 0.2) is 29.4 Å². The number of nitrogens with one attached hydrogen (secondary N) is 3. The lowest BCUT2D eigenvalue weighted by Crippen LogP contribution is -2.40. The third-order valence-corrected chi connectivity index (χ3v) is 4.91. The molecule has 0 bridgehead atoms. The first kappa shape index (κ1) is 17.8. The van der Waals surface area contributed by atoms with Gasteiger partial charge in [0.2, 0.25) is 0 Å². The molecule has 0 radical (unpaired) electrons. The first-order valence-corrected chi connectivity index (χ1v) is 9.33. The standard InChI is InChI=1S/C20H30N4O/c1-4-21-19(24-14-20(3)10-6-12-25-20)22-11-9-16-13-23-18-15(2)7-5-8-17(16)18/h5,7-8,13,23H,4,6,9-12,14H2,1-3H3,(H2,21,22,24). The van der Waals surface area contributed by atoms with E-state index in [4.69, 9.17) is 9.73 Å². The molecule has 1 aliphatic rings. The van der Waals surface area contributed by atoms with Crippen LogP contribution in [0.4, 0.5) is 0 Å². The van der Waals surface area contributed by atoms with Crippen LogP contribution < -0.4 is 10.6 Å². The van der Waals surface area contributed by atoms with Crippen LogP contribution in [-0.2, 0) is 11.2 Å². The second-order valence-electron chi connectivity index (χ2n) is 7.09. The van der Waals surface area contributed by atoms with E-state index in [0.29, 0.717) is 6.54 Å². The van der Waals surface area contributed by atoms with E-state index >= 15 is 0 Å². The minimum Gasteiger partial charge on any atom is -0.373 e. The molecule has 1 aliphatic heterocycles. The molecule has 0 spiro atoms. The highest BCUT2D eigenvalue weighted by atomic mass is 16.5. The fourth-order valence-electron chi connectivity index (χ4n) is 3.44. The van der Waals surface area contributed by atoms with E-state index in [-0.39, 0.29) is 5.60 Å². The lowest BCUT2D eigenvalue weighted by Gasteiger charge is -2.21. The molecule has 1 aromatic carbocycles. The number of aliphatic imine (C=N–C) groups is 1. The van der Waals surface area contributed by atoms with E-state index in [9.17, 15) is 0 Å². The van der Waals surface area contributed by atoms with Gasteiger partial charge in [-0.2, -0.15) is 0 Å². The first-order valence-electron chi connectivity index (χ1n) is 9.33. The van der Waals surface area contributed by atoms with Crippen LogP contribution >= 0.6 is 0 Å². The van der Waals surface area contributed by atoms with Crippen molar-refractivity contribution in [3.8, 4) is 0 Å². The molecule has 1 fully saturated rings. The second-order valence-corrected chi connectivity index (χ2v) is 7.09. The average molecular weight is 342 g/mol. The molecule has 1 aromatic heterocycles. The second kappa shape index (κ2) is 7.91. The molecule has 2 heterocycles. The zero-order chi connectivity index (χ0) is 17.7. The minimum atomic E-state index is -0.100. The monoisotopic (exact) mass is 342 g/mol. The van der Waals surface area contributed by atoms with Gasteiger partial charge in [-0.25, -0.2) is 0 Å². The highest BCUT2D eigenvalue weighted by Gasteiger charge is 2.29. The number of aryl methyl sites for hydroxylation is 1. The molecule has 0 saturated carbocycles. The van der Waals surface area contributed by atoms with Crippen LogP contribution in [-0.4, -0.2) is 42.8 Å². The number of H-pyrrole nitrogens is 1. The molecule has 1 saturated heterocycles. The predicted octanol–water partition coefficient (Wildman–Crippen LogP) is 3.14. The van der Waals surface area contributed by atoms with Crippen molar-refractivity contribution in [3.63, 3.8) is 0 Å². The number of aromatic amines is 1. The van der Waals surface area contributed by atoms with Crippen molar-refractivity contribution < 1.29 is 4.74 Å². The molecule has 0 amide bonds. The van der Waals surface area contributed by atoms with Gasteiger partial charge in [0, 0.05) is 36.8 Å². The summed E-state index contributed by atoms with van der Waals surface area (Å²) in [6.07, 6.45) is 5.30. The molecule has 1 unspecified atom stereocenters. The van der Waals surface area contributed by atoms with Gasteiger partial charge in [0.1, 0.15) is 0 Å². The molecule has 1 atom stereocenters. The van der Waals surface area contributed by atoms with E-state index < -0.39 is 0 Å². The number of aromatic nitrogens is 1. The van der Waals surface area contributed by atoms with Crippen LogP contribution in [0.1, 0.15) is 37.8 Å². The summed E-state index contributed by atoms with van der Waals surface area (Å²) >= 11 is 0. The van der Waals surface area contributed by atoms with E-state index in [1.54, 1.807) is 0 Å². The zero-order valence-corrected chi connectivity index (χ0v) is 15.6. The molecule has 3 N–H and O–H groups in total. The number of para-hydroxylation sites is 1. The van der Waals surface area contributed by atoms with Gasteiger partial charge in [-0.1, -0.05) is 18.2 Å². The van der Waals surface area contributed by atoms with E-state index in [1.807, 2.05) is 0 Å². The maximum atomic E-state index is 5.82. The number of hydrogen-bond donors (Lipinski definition) is 3. The number of hydrogen-bond acceptors (Lipinski definition) is 2. The third kappa shape index (κ3) is 4.34. The molecule has 2 aromatic rings. The van der Waals surface area contributed by atoms with E-state index in [2.05, 4.69) is 60.8 Å². The van der Waals surface area contributed by atoms with Gasteiger partial charge in [0.25, 0.3) is 0 Å². The molecular formula is C20H30N4O. The lowest BCUT2D eigenvalue weighted by molar-refractivity contribution is 0.0283. The van der Waals surface area contributed by atoms with Crippen LogP contribution in [0.5, 0.6) is 0 Å². The van der Waals surface area contributed by atoms with Crippen molar-refractivity contribution in [1.29, 1.82) is 0 Å². The molecular weight excluding hydrogens is 312 g/mol. The lowest BCUT2D eigenvalue weighted by atomic mass is 10.0. The molecule has 0 aliphatic carbocycles. The molecule has 3 rings (SSSR count). The Labute approximate surface area is 150 Å². The summed E-state index contributed by atoms with van der Waals surface area (Å²) in [5.74, 6) is 0.871. The number of rotatable bonds is 6. The van der Waals surface area contributed by atoms with Gasteiger partial charge in [-0.15, -0.1) is 0 Å². The van der Waals surface area contributed by atoms with Crippen LogP contribution in [0.25, 0.3) is 10.9 Å². The van der Waals surface area contributed by atoms with Crippen molar-refractivity contribution in [2.75, 3.05) is 26.2 Å². The summed E-state index contributed by atoms with van der Waals surface area (Å²) in [5, 5.41) is 8.09. The van der Waals surface area contributed by atoms with Crippen molar-refractivity contribution in [3.05, 3.63) is 35.5 Å². The van der Waals surface area contributed by atoms with Crippen LogP contribution in [0.2, 0.25) is 0 Å². The number of fused-ring (bicyclic) bond motifs is 1. The Morgan fingerprint density at radius 1 is 1.36 bits per heavy atom. The summed E-state index contributed by atoms with van der Waals surface area (Å²) in [4.78, 5) is 8.12. The quantitative estimate of drug-likeness (QED) is 0.558. The highest BCUT2D eigenvalue weighted by molar-refractivity contribution is 5.86. The van der Waals surface area contributed by atoms with Crippen molar-refractivity contribution in [2.24, 2.45) is 4.99 Å². The summed E-state index contributed by atoms with van der Waals surface area (Å²) < 4.78 is 5.82. The summed E-state index contributed by atoms with van der Waals surface area (Å²) in [6.45, 7) is 9.65. The van der Waals surface area contributed by atoms with Gasteiger partial charge in [-0.05, 0) is 51.2 Å². The summed E-state index contributed by atoms with van der Waals surface area (Å²) in [6, 6.07) is 6.45. The zero-order valence-electron chi connectivity index (χ0n) is 15.6. The van der Waals surface area contributed by atoms with Gasteiger partial charge in [0.05, 0.1) is 12.1 Å². The first-order chi connectivity index (χ1) is 12.1. The Hall–Kier alpha value is -2.01. The minimum absolute atomic E-state index is 0.100. The number of nitrogens with zero attached hydrogens (tertiary/aromatic N) is 1. The van der Waals surface area contributed by atoms with Gasteiger partial charge >= 0.3 is 0 Å².